The fourth-order valence-electron chi connectivity index (χ4n) is 1.84. The van der Waals surface area contributed by atoms with E-state index in [2.05, 4.69) is 15.3 Å². The molecule has 0 fully saturated rings. The van der Waals surface area contributed by atoms with Crippen LogP contribution >= 0.6 is 23.1 Å². The number of carbonyl (C=O) groups excluding carboxylic acids is 1. The number of benzene rings is 1. The quantitative estimate of drug-likeness (QED) is 0.335. The molecule has 27 heavy (non-hydrogen) atoms. The number of para-hydroxylation sites is 1. The van der Waals surface area contributed by atoms with Gasteiger partial charge in [-0.1, -0.05) is 17.8 Å². The van der Waals surface area contributed by atoms with Gasteiger partial charge in [0.05, 0.1) is 15.9 Å². The van der Waals surface area contributed by atoms with E-state index in [9.17, 15) is 13.6 Å². The zero-order valence-corrected chi connectivity index (χ0v) is 17.5. The fraction of sp³-hybridized carbons (Fsp3) is 0.0625. The molecule has 0 aliphatic rings. The van der Waals surface area contributed by atoms with Crippen LogP contribution in [-0.4, -0.2) is 43.3 Å². The first kappa shape index (κ1) is 21.2. The van der Waals surface area contributed by atoms with Gasteiger partial charge in [-0.25, -0.2) is 4.98 Å². The molecule has 0 radical (unpaired) electrons. The molecule has 1 aromatic carbocycles. The van der Waals surface area contributed by atoms with Crippen molar-refractivity contribution in [3.63, 3.8) is 0 Å². The Kier molecular flexibility index (Phi) is 7.64. The second kappa shape index (κ2) is 9.72. The molecule has 0 unspecified atom stereocenters. The summed E-state index contributed by atoms with van der Waals surface area (Å²) < 4.78 is 29.9. The molecule has 4 N–H and O–H groups in total. The Hall–Kier alpha value is -2.10. The molecule has 3 rings (SSSR count). The zero-order valence-electron chi connectivity index (χ0n) is 14.0. The van der Waals surface area contributed by atoms with Crippen LogP contribution in [0.1, 0.15) is 6.92 Å². The molecule has 8 nitrogen and oxygen atoms in total. The first-order valence-electron chi connectivity index (χ1n) is 7.40. The molecule has 142 valence electrons. The maximum Gasteiger partial charge on any atom is 0.102 e. The van der Waals surface area contributed by atoms with Gasteiger partial charge in [-0.3, -0.25) is 4.98 Å². The predicted molar refractivity (Wildman–Crippen MR) is 103 cm³/mol. The molecule has 3 aromatic rings. The minimum absolute atomic E-state index is 0.225. The molecule has 11 heteroatoms. The summed E-state index contributed by atoms with van der Waals surface area (Å²) in [5.74, 6) is -0.880. The predicted octanol–water partition coefficient (Wildman–Crippen LogP) is 1.60. The van der Waals surface area contributed by atoms with Crippen molar-refractivity contribution < 1.29 is 21.8 Å². The third kappa shape index (κ3) is 6.85. The first-order chi connectivity index (χ1) is 12.8. The number of nitrogens with one attached hydrogen (secondary N) is 1. The molecule has 0 bridgehead atoms. The summed E-state index contributed by atoms with van der Waals surface area (Å²) in [4.78, 5) is 19.0. The minimum Gasteiger partial charge on any atom is -0.252 e. The van der Waals surface area contributed by atoms with Crippen LogP contribution in [0.4, 0.5) is 5.69 Å². The van der Waals surface area contributed by atoms with Gasteiger partial charge in [0.25, 0.3) is 0 Å². The Morgan fingerprint density at radius 1 is 1.22 bits per heavy atom. The molecule has 0 saturated heterocycles. The Bertz CT molecular complexity index is 932. The normalized spacial score (nSPS) is 10.6. The summed E-state index contributed by atoms with van der Waals surface area (Å²) in [5.41, 5.74) is 1.60. The first-order valence-corrected chi connectivity index (χ1v) is 12.5. The number of aromatic nitrogens is 2. The number of phenolic OH excluding ortho intramolecular Hbond substituents is 1. The van der Waals surface area contributed by atoms with Crippen molar-refractivity contribution in [1.82, 2.24) is 9.97 Å². The van der Waals surface area contributed by atoms with Crippen LogP contribution in [0.5, 0.6) is 5.75 Å². The van der Waals surface area contributed by atoms with Crippen molar-refractivity contribution in [1.29, 1.82) is 0 Å². The van der Waals surface area contributed by atoms with E-state index >= 15 is 0 Å². The Morgan fingerprint density at radius 2 is 2.00 bits per heavy atom. The molecule has 0 spiro atoms. The van der Waals surface area contributed by atoms with E-state index in [4.69, 9.17) is 8.19 Å². The molecule has 0 atom stereocenters. The Labute approximate surface area is 166 Å². The van der Waals surface area contributed by atoms with Crippen molar-refractivity contribution in [3.8, 4) is 5.75 Å². The van der Waals surface area contributed by atoms with Crippen molar-refractivity contribution in [2.75, 3.05) is 5.32 Å². The van der Waals surface area contributed by atoms with Crippen LogP contribution < -0.4 is 9.67 Å². The van der Waals surface area contributed by atoms with Crippen molar-refractivity contribution in [2.24, 2.45) is 0 Å². The van der Waals surface area contributed by atoms with Crippen LogP contribution in [0.2, 0.25) is 0 Å². The van der Waals surface area contributed by atoms with Crippen LogP contribution in [0.25, 0.3) is 0 Å². The number of thiazole rings is 1. The molecule has 0 aliphatic carbocycles. The summed E-state index contributed by atoms with van der Waals surface area (Å²) in [5, 5.41) is 12.6. The third-order valence-corrected chi connectivity index (χ3v) is 6.85. The topological polar surface area (TPSA) is 133 Å². The van der Waals surface area contributed by atoms with E-state index in [0.717, 1.165) is 5.03 Å². The summed E-state index contributed by atoms with van der Waals surface area (Å²) in [6.07, 6.45) is 3.65. The van der Waals surface area contributed by atoms with Gasteiger partial charge in [-0.05, 0) is 12.1 Å². The molecule has 2 aromatic heterocycles. The van der Waals surface area contributed by atoms with Crippen molar-refractivity contribution >= 4 is 53.2 Å². The van der Waals surface area contributed by atoms with Crippen molar-refractivity contribution in [2.45, 2.75) is 16.2 Å². The van der Waals surface area contributed by atoms with E-state index < -0.39 is 20.1 Å². The maximum absolute atomic E-state index is 11.1. The summed E-state index contributed by atoms with van der Waals surface area (Å²) >= 11 is -1.87. The SMILES string of the molecule is CC(=O)Nc1c(O)cccc1[As](=O)(O)O.c1ccc(Sc2cncs2)nc1. The van der Waals surface area contributed by atoms with Gasteiger partial charge >= 0.3 is 88.1 Å². The maximum atomic E-state index is 11.1. The zero-order chi connectivity index (χ0) is 19.9. The Morgan fingerprint density at radius 3 is 2.56 bits per heavy atom. The van der Waals surface area contributed by atoms with Crippen molar-refractivity contribution in [3.05, 3.63) is 54.3 Å². The van der Waals surface area contributed by atoms with Crippen LogP contribution in [0, 0.1) is 0 Å². The van der Waals surface area contributed by atoms with Gasteiger partial charge in [0.15, 0.2) is 0 Å². The number of hydrogen-bond donors (Lipinski definition) is 4. The van der Waals surface area contributed by atoms with E-state index in [1.165, 1.54) is 29.3 Å². The molecule has 1 amide bonds. The Balaban J connectivity index is 0.000000198. The number of anilines is 1. The average Bonchev–Trinajstić information content (AvgIpc) is 3.10. The van der Waals surface area contributed by atoms with Gasteiger partial charge in [-0.15, -0.1) is 11.3 Å². The van der Waals surface area contributed by atoms with Gasteiger partial charge < -0.3 is 0 Å². The molecule has 0 saturated carbocycles. The van der Waals surface area contributed by atoms with E-state index in [-0.39, 0.29) is 15.8 Å². The fourth-order valence-corrected chi connectivity index (χ4v) is 4.90. The number of pyridine rings is 1. The molecule has 2 heterocycles. The minimum atomic E-state index is -5.14. The molecule has 0 aliphatic heterocycles. The smallest absolute Gasteiger partial charge is 0.102 e. The summed E-state index contributed by atoms with van der Waals surface area (Å²) in [6.45, 7) is 1.18. The van der Waals surface area contributed by atoms with Gasteiger partial charge in [-0.2, -0.15) is 0 Å². The number of nitrogens with zero attached hydrogens (tertiary/aromatic N) is 2. The number of amides is 1. The monoisotopic (exact) mass is 469 g/mol. The second-order valence-corrected chi connectivity index (χ2v) is 10.5. The average molecular weight is 469 g/mol. The number of hydrogen-bond acceptors (Lipinski definition) is 7. The number of aromatic hydroxyl groups is 1. The standard InChI is InChI=1S/C8H10AsNO5.C8H6N2S2/c1-5(11)10-8-6(9(13,14)15)3-2-4-7(8)12;1-2-4-10-7(3-1)12-8-5-9-6-11-8/h2-4,12H,1H3,(H,10,11)(H2,13,14,15);1-6H. The van der Waals surface area contributed by atoms with Crippen LogP contribution in [-0.2, 0) is 8.53 Å². The molecular weight excluding hydrogens is 453 g/mol. The second-order valence-electron chi connectivity index (χ2n) is 4.99. The third-order valence-electron chi connectivity index (χ3n) is 2.89. The molecular formula is C16H16AsN3O5S2. The van der Waals surface area contributed by atoms with E-state index in [0.29, 0.717) is 0 Å². The number of carbonyl (C=O) groups is 1. The summed E-state index contributed by atoms with van der Waals surface area (Å²) in [6, 6.07) is 9.60. The number of rotatable bonds is 4. The van der Waals surface area contributed by atoms with E-state index in [1.807, 2.05) is 29.9 Å². The van der Waals surface area contributed by atoms with Crippen LogP contribution in [0.3, 0.4) is 0 Å². The number of phenols is 1. The van der Waals surface area contributed by atoms with Gasteiger partial charge in [0, 0.05) is 6.20 Å². The summed E-state index contributed by atoms with van der Waals surface area (Å²) in [7, 11) is 0. The van der Waals surface area contributed by atoms with Gasteiger partial charge in [0.1, 0.15) is 5.03 Å². The van der Waals surface area contributed by atoms with Crippen LogP contribution in [0.15, 0.2) is 63.5 Å². The van der Waals surface area contributed by atoms with Gasteiger partial charge in [0.2, 0.25) is 0 Å². The largest absolute Gasteiger partial charge is 0.252 e. The van der Waals surface area contributed by atoms with E-state index in [1.54, 1.807) is 29.3 Å².